The Hall–Kier alpha value is -0.610. The molecule has 2 fully saturated rings. The van der Waals surface area contributed by atoms with Crippen molar-refractivity contribution in [2.45, 2.75) is 76.5 Å². The van der Waals surface area contributed by atoms with Crippen molar-refractivity contribution in [1.82, 2.24) is 10.6 Å². The van der Waals surface area contributed by atoms with E-state index in [0.717, 1.165) is 18.8 Å². The van der Waals surface area contributed by atoms with Gasteiger partial charge in [-0.05, 0) is 12.3 Å². The van der Waals surface area contributed by atoms with Gasteiger partial charge in [0.2, 0.25) is 5.91 Å². The number of aliphatic hydroxyl groups is 1. The summed E-state index contributed by atoms with van der Waals surface area (Å²) in [5.74, 6) is 1.04. The maximum Gasteiger partial charge on any atom is 0.220 e. The summed E-state index contributed by atoms with van der Waals surface area (Å²) in [6.45, 7) is 0.689. The van der Waals surface area contributed by atoms with Crippen LogP contribution in [0.15, 0.2) is 0 Å². The molecule has 2 unspecified atom stereocenters. The minimum Gasteiger partial charge on any atom is -0.376 e. The standard InChI is InChI=1S/C15H28N2O2/c18-14(17-13-11-16-15(13)19)10-6-2-5-9-12-7-3-1-4-8-12/h12-13,15-16,19H,1-11H2,(H,17,18). The lowest BCUT2D eigenvalue weighted by molar-refractivity contribution is -0.124. The monoisotopic (exact) mass is 268 g/mol. The van der Waals surface area contributed by atoms with Gasteiger partial charge < -0.3 is 10.4 Å². The maximum atomic E-state index is 11.6. The number of carbonyl (C=O) groups is 1. The van der Waals surface area contributed by atoms with Crippen molar-refractivity contribution in [2.75, 3.05) is 6.54 Å². The van der Waals surface area contributed by atoms with E-state index in [-0.39, 0.29) is 11.9 Å². The van der Waals surface area contributed by atoms with Crippen LogP contribution in [0.4, 0.5) is 0 Å². The van der Waals surface area contributed by atoms with E-state index in [4.69, 9.17) is 0 Å². The quantitative estimate of drug-likeness (QED) is 0.618. The van der Waals surface area contributed by atoms with Gasteiger partial charge in [-0.25, -0.2) is 0 Å². The number of unbranched alkanes of at least 4 members (excludes halogenated alkanes) is 2. The first-order valence-corrected chi connectivity index (χ1v) is 7.96. The average Bonchev–Trinajstić information content (AvgIpc) is 2.44. The molecule has 2 rings (SSSR count). The normalized spacial score (nSPS) is 27.8. The Bertz CT molecular complexity index is 277. The number of rotatable bonds is 7. The molecule has 1 amide bonds. The third-order valence-electron chi connectivity index (χ3n) is 4.52. The SMILES string of the molecule is O=C(CCCCCC1CCCCC1)NC1CNC1O. The van der Waals surface area contributed by atoms with Gasteiger partial charge in [0.05, 0.1) is 6.04 Å². The van der Waals surface area contributed by atoms with Crippen molar-refractivity contribution < 1.29 is 9.90 Å². The van der Waals surface area contributed by atoms with Gasteiger partial charge >= 0.3 is 0 Å². The highest BCUT2D eigenvalue weighted by Crippen LogP contribution is 2.27. The molecular formula is C15H28N2O2. The second-order valence-electron chi connectivity index (χ2n) is 6.13. The molecule has 0 radical (unpaired) electrons. The van der Waals surface area contributed by atoms with Crippen molar-refractivity contribution in [1.29, 1.82) is 0 Å². The Morgan fingerprint density at radius 3 is 2.58 bits per heavy atom. The van der Waals surface area contributed by atoms with Gasteiger partial charge in [0.1, 0.15) is 6.23 Å². The van der Waals surface area contributed by atoms with Gasteiger partial charge in [0.25, 0.3) is 0 Å². The van der Waals surface area contributed by atoms with E-state index in [9.17, 15) is 9.90 Å². The van der Waals surface area contributed by atoms with Crippen LogP contribution in [0.25, 0.3) is 0 Å². The molecule has 4 nitrogen and oxygen atoms in total. The zero-order valence-electron chi connectivity index (χ0n) is 11.9. The van der Waals surface area contributed by atoms with E-state index in [1.807, 2.05) is 0 Å². The lowest BCUT2D eigenvalue weighted by Gasteiger charge is -2.34. The Morgan fingerprint density at radius 2 is 1.95 bits per heavy atom. The van der Waals surface area contributed by atoms with Crippen LogP contribution in [0.2, 0.25) is 0 Å². The van der Waals surface area contributed by atoms with E-state index in [2.05, 4.69) is 10.6 Å². The topological polar surface area (TPSA) is 61.4 Å². The summed E-state index contributed by atoms with van der Waals surface area (Å²) < 4.78 is 0. The Balaban J connectivity index is 1.43. The summed E-state index contributed by atoms with van der Waals surface area (Å²) in [6.07, 6.45) is 11.9. The maximum absolute atomic E-state index is 11.6. The van der Waals surface area contributed by atoms with Crippen molar-refractivity contribution in [3.05, 3.63) is 0 Å². The van der Waals surface area contributed by atoms with Gasteiger partial charge in [-0.1, -0.05) is 51.4 Å². The number of hydrogen-bond donors (Lipinski definition) is 3. The van der Waals surface area contributed by atoms with Crippen LogP contribution < -0.4 is 10.6 Å². The van der Waals surface area contributed by atoms with Crippen LogP contribution in [0.3, 0.4) is 0 Å². The van der Waals surface area contributed by atoms with Crippen molar-refractivity contribution >= 4 is 5.91 Å². The molecular weight excluding hydrogens is 240 g/mol. The summed E-state index contributed by atoms with van der Waals surface area (Å²) in [4.78, 5) is 11.6. The first-order chi connectivity index (χ1) is 9.25. The fourth-order valence-electron chi connectivity index (χ4n) is 3.12. The summed E-state index contributed by atoms with van der Waals surface area (Å²) >= 11 is 0. The third kappa shape index (κ3) is 5.11. The molecule has 0 bridgehead atoms. The lowest BCUT2D eigenvalue weighted by atomic mass is 9.85. The third-order valence-corrected chi connectivity index (χ3v) is 4.52. The predicted molar refractivity (Wildman–Crippen MR) is 75.6 cm³/mol. The van der Waals surface area contributed by atoms with Crippen LogP contribution in [-0.4, -0.2) is 29.8 Å². The van der Waals surface area contributed by atoms with Crippen LogP contribution in [0, 0.1) is 5.92 Å². The van der Waals surface area contributed by atoms with Crippen molar-refractivity contribution in [3.63, 3.8) is 0 Å². The molecule has 1 heterocycles. The molecule has 0 spiro atoms. The minimum absolute atomic E-state index is 0.0743. The van der Waals surface area contributed by atoms with Gasteiger partial charge in [-0.15, -0.1) is 0 Å². The van der Waals surface area contributed by atoms with E-state index < -0.39 is 6.23 Å². The highest BCUT2D eigenvalue weighted by molar-refractivity contribution is 5.76. The number of nitrogens with one attached hydrogen (secondary N) is 2. The fraction of sp³-hybridized carbons (Fsp3) is 0.933. The van der Waals surface area contributed by atoms with Crippen LogP contribution in [-0.2, 0) is 4.79 Å². The van der Waals surface area contributed by atoms with Gasteiger partial charge in [-0.2, -0.15) is 0 Å². The number of carbonyl (C=O) groups excluding carboxylic acids is 1. The van der Waals surface area contributed by atoms with E-state index in [1.54, 1.807) is 0 Å². The van der Waals surface area contributed by atoms with Crippen LogP contribution in [0.1, 0.15) is 64.2 Å². The molecule has 0 aromatic heterocycles. The first kappa shape index (κ1) is 14.8. The highest BCUT2D eigenvalue weighted by atomic mass is 16.3. The molecule has 2 atom stereocenters. The number of hydrogen-bond acceptors (Lipinski definition) is 3. The summed E-state index contributed by atoms with van der Waals surface area (Å²) in [5.41, 5.74) is 0. The van der Waals surface area contributed by atoms with E-state index >= 15 is 0 Å². The molecule has 2 aliphatic rings. The zero-order valence-corrected chi connectivity index (χ0v) is 11.9. The minimum atomic E-state index is -0.546. The number of amides is 1. The molecule has 1 saturated heterocycles. The fourth-order valence-corrected chi connectivity index (χ4v) is 3.12. The summed E-state index contributed by atoms with van der Waals surface area (Å²) in [5, 5.41) is 15.0. The molecule has 1 aliphatic carbocycles. The predicted octanol–water partition coefficient (Wildman–Crippen LogP) is 1.92. The van der Waals surface area contributed by atoms with Crippen molar-refractivity contribution in [3.8, 4) is 0 Å². The van der Waals surface area contributed by atoms with E-state index in [0.29, 0.717) is 13.0 Å². The summed E-state index contributed by atoms with van der Waals surface area (Å²) in [6, 6.07) is -0.0743. The van der Waals surface area contributed by atoms with Crippen LogP contribution in [0.5, 0.6) is 0 Å². The highest BCUT2D eigenvalue weighted by Gasteiger charge is 2.28. The van der Waals surface area contributed by atoms with Crippen LogP contribution >= 0.6 is 0 Å². The Labute approximate surface area is 116 Å². The Morgan fingerprint density at radius 1 is 1.16 bits per heavy atom. The van der Waals surface area contributed by atoms with Gasteiger partial charge in [0.15, 0.2) is 0 Å². The Kier molecular flexibility index (Phi) is 6.11. The average molecular weight is 268 g/mol. The second-order valence-corrected chi connectivity index (χ2v) is 6.13. The molecule has 1 aliphatic heterocycles. The second kappa shape index (κ2) is 7.85. The van der Waals surface area contributed by atoms with Gasteiger partial charge in [-0.3, -0.25) is 10.1 Å². The molecule has 3 N–H and O–H groups in total. The first-order valence-electron chi connectivity index (χ1n) is 7.96. The molecule has 0 aromatic carbocycles. The van der Waals surface area contributed by atoms with E-state index in [1.165, 1.54) is 44.9 Å². The summed E-state index contributed by atoms with van der Waals surface area (Å²) in [7, 11) is 0. The molecule has 0 aromatic rings. The largest absolute Gasteiger partial charge is 0.376 e. The molecule has 110 valence electrons. The molecule has 1 saturated carbocycles. The molecule has 19 heavy (non-hydrogen) atoms. The number of aliphatic hydroxyl groups excluding tert-OH is 1. The molecule has 4 heteroatoms. The van der Waals surface area contributed by atoms with Crippen molar-refractivity contribution in [2.24, 2.45) is 5.92 Å². The van der Waals surface area contributed by atoms with Gasteiger partial charge in [0, 0.05) is 13.0 Å². The zero-order chi connectivity index (χ0) is 13.5. The smallest absolute Gasteiger partial charge is 0.220 e. The lowest BCUT2D eigenvalue weighted by Crippen LogP contribution is -2.64.